The van der Waals surface area contributed by atoms with Crippen LogP contribution in [0.25, 0.3) is 109 Å². The molecule has 0 aliphatic carbocycles. The number of hydrogen-bond donors (Lipinski definition) is 1. The van der Waals surface area contributed by atoms with Crippen LogP contribution in [-0.2, 0) is 0 Å². The first kappa shape index (κ1) is 36.6. The van der Waals surface area contributed by atoms with Gasteiger partial charge in [0.1, 0.15) is 34.3 Å². The monoisotopic (exact) mass is 844 g/mol. The summed E-state index contributed by atoms with van der Waals surface area (Å²) in [6.45, 7) is 0. The highest BCUT2D eigenvalue weighted by Crippen LogP contribution is 2.48. The number of aliphatic imine (C=N–C) groups is 2. The number of pyridine rings is 1. The number of aromatic nitrogens is 1. The fourth-order valence-corrected chi connectivity index (χ4v) is 10.2. The van der Waals surface area contributed by atoms with E-state index < -0.39 is 0 Å². The lowest BCUT2D eigenvalue weighted by atomic mass is 9.88. The van der Waals surface area contributed by atoms with Crippen LogP contribution in [0.5, 0.6) is 0 Å². The van der Waals surface area contributed by atoms with E-state index >= 15 is 0 Å². The summed E-state index contributed by atoms with van der Waals surface area (Å²) in [7, 11) is 0. The molecule has 308 valence electrons. The molecule has 0 bridgehead atoms. The van der Waals surface area contributed by atoms with Crippen LogP contribution in [0.2, 0.25) is 0 Å². The normalized spacial score (nSPS) is 14.2. The summed E-state index contributed by atoms with van der Waals surface area (Å²) in [4.78, 5) is 16.1. The molecule has 1 aliphatic heterocycles. The van der Waals surface area contributed by atoms with E-state index in [-0.39, 0.29) is 6.17 Å². The Kier molecular flexibility index (Phi) is 7.94. The predicted octanol–water partition coefficient (Wildman–Crippen LogP) is 15.3. The van der Waals surface area contributed by atoms with E-state index in [2.05, 4.69) is 187 Å². The van der Waals surface area contributed by atoms with Gasteiger partial charge in [-0.2, -0.15) is 0 Å². The molecule has 14 rings (SSSR count). The van der Waals surface area contributed by atoms with Crippen molar-refractivity contribution >= 4 is 98.8 Å². The minimum Gasteiger partial charge on any atom is -0.456 e. The summed E-state index contributed by atoms with van der Waals surface area (Å²) in [5, 5.41) is 15.8. The zero-order valence-corrected chi connectivity index (χ0v) is 35.4. The number of para-hydroxylation sites is 4. The third-order valence-corrected chi connectivity index (χ3v) is 13.3. The number of benzene rings is 10. The number of fused-ring (bicyclic) bond motifs is 11. The number of amidine groups is 2. The Balaban J connectivity index is 0.999. The van der Waals surface area contributed by atoms with Crippen molar-refractivity contribution in [1.82, 2.24) is 10.3 Å². The van der Waals surface area contributed by atoms with Crippen molar-refractivity contribution in [3.05, 3.63) is 223 Å². The molecule has 6 heteroatoms. The van der Waals surface area contributed by atoms with Crippen LogP contribution in [0.15, 0.2) is 225 Å². The smallest absolute Gasteiger partial charge is 0.159 e. The number of nitrogens with zero attached hydrogens (tertiary/aromatic N) is 3. The molecule has 66 heavy (non-hydrogen) atoms. The van der Waals surface area contributed by atoms with Gasteiger partial charge in [-0.25, -0.2) is 15.0 Å². The first-order chi connectivity index (χ1) is 32.7. The second kappa shape index (κ2) is 14.3. The van der Waals surface area contributed by atoms with E-state index in [1.165, 1.54) is 10.8 Å². The second-order valence-electron chi connectivity index (χ2n) is 17.1. The Hall–Kier alpha value is -8.87. The van der Waals surface area contributed by atoms with E-state index in [4.69, 9.17) is 23.8 Å². The van der Waals surface area contributed by atoms with Crippen molar-refractivity contribution in [2.24, 2.45) is 9.98 Å². The van der Waals surface area contributed by atoms with Gasteiger partial charge in [-0.3, -0.25) is 0 Å². The van der Waals surface area contributed by atoms with Crippen molar-refractivity contribution < 1.29 is 8.83 Å². The molecule has 1 unspecified atom stereocenters. The molecule has 1 N–H and O–H groups in total. The van der Waals surface area contributed by atoms with Gasteiger partial charge in [-0.1, -0.05) is 164 Å². The minimum atomic E-state index is -0.378. The van der Waals surface area contributed by atoms with E-state index in [0.717, 1.165) is 121 Å². The predicted molar refractivity (Wildman–Crippen MR) is 272 cm³/mol. The first-order valence-corrected chi connectivity index (χ1v) is 22.3. The first-order valence-electron chi connectivity index (χ1n) is 22.3. The summed E-state index contributed by atoms with van der Waals surface area (Å²) in [6, 6.07) is 72.1. The molecule has 6 nitrogen and oxygen atoms in total. The van der Waals surface area contributed by atoms with Crippen LogP contribution in [0.3, 0.4) is 0 Å². The maximum Gasteiger partial charge on any atom is 0.159 e. The third kappa shape index (κ3) is 5.71. The third-order valence-electron chi connectivity index (χ3n) is 13.3. The van der Waals surface area contributed by atoms with E-state index in [0.29, 0.717) is 5.84 Å². The molecule has 1 atom stereocenters. The molecule has 4 heterocycles. The van der Waals surface area contributed by atoms with Crippen LogP contribution in [0, 0.1) is 0 Å². The van der Waals surface area contributed by atoms with Gasteiger partial charge < -0.3 is 14.2 Å². The van der Waals surface area contributed by atoms with Gasteiger partial charge in [0.15, 0.2) is 5.84 Å². The highest BCUT2D eigenvalue weighted by molar-refractivity contribution is 6.30. The summed E-state index contributed by atoms with van der Waals surface area (Å²) >= 11 is 0. The van der Waals surface area contributed by atoms with Gasteiger partial charge in [-0.15, -0.1) is 0 Å². The highest BCUT2D eigenvalue weighted by Gasteiger charge is 2.26. The van der Waals surface area contributed by atoms with Crippen LogP contribution >= 0.6 is 0 Å². The lowest BCUT2D eigenvalue weighted by Gasteiger charge is -2.24. The van der Waals surface area contributed by atoms with Crippen LogP contribution < -0.4 is 5.32 Å². The number of hydrogen-bond acceptors (Lipinski definition) is 6. The zero-order valence-electron chi connectivity index (χ0n) is 35.4. The molecule has 0 radical (unpaired) electrons. The molecule has 0 fully saturated rings. The lowest BCUT2D eigenvalue weighted by molar-refractivity contribution is 0.669. The molecule has 10 aromatic carbocycles. The Morgan fingerprint density at radius 2 is 1.09 bits per heavy atom. The van der Waals surface area contributed by atoms with E-state index in [1.807, 2.05) is 24.3 Å². The van der Waals surface area contributed by atoms with Gasteiger partial charge in [-0.05, 0) is 69.6 Å². The van der Waals surface area contributed by atoms with Crippen molar-refractivity contribution in [1.29, 1.82) is 0 Å². The van der Waals surface area contributed by atoms with Crippen molar-refractivity contribution in [2.45, 2.75) is 6.17 Å². The fourth-order valence-electron chi connectivity index (χ4n) is 10.2. The fraction of sp³-hybridized carbons (Fsp3) is 0.0167. The molecule has 0 amide bonds. The quantitative estimate of drug-likeness (QED) is 0.175. The Morgan fingerprint density at radius 3 is 1.94 bits per heavy atom. The van der Waals surface area contributed by atoms with Crippen LogP contribution in [-0.4, -0.2) is 16.7 Å². The SMILES string of the molecule is c1cc(C2=NC(c3ccc4ccccc4c3)=NC(c3ccc4ccccc4c3)N2)cc(-c2nc3ccccc3c3c(-c4cccc5c4oc4ccccc45)c4c(cc23)oc2ccccc24)c1. The molecule has 0 saturated heterocycles. The molecule has 1 aliphatic rings. The van der Waals surface area contributed by atoms with E-state index in [1.54, 1.807) is 0 Å². The minimum absolute atomic E-state index is 0.378. The average molecular weight is 845 g/mol. The maximum atomic E-state index is 6.78. The molecular formula is C60H36N4O2. The molecule has 0 spiro atoms. The standard InChI is InChI=1S/C60H36N4O2/c1-3-15-37-31-41(29-27-35(37)13-1)59-62-58(63-60(64-59)42-30-28-36-14-2-4-16-38(36)32-42)40-18-11-17-39(33-40)56-48-34-52-54(46-21-7-10-26-51(46)65-52)55(53(48)45-20-5-8-24-49(45)61-56)47-23-12-22-44-43-19-6-9-25-50(43)66-57(44)47/h1-34,59H,(H,62,63,64). The van der Waals surface area contributed by atoms with Gasteiger partial charge >= 0.3 is 0 Å². The summed E-state index contributed by atoms with van der Waals surface area (Å²) in [5.41, 5.74) is 11.0. The molecular weight excluding hydrogens is 809 g/mol. The number of rotatable bonds is 5. The largest absolute Gasteiger partial charge is 0.456 e. The second-order valence-corrected chi connectivity index (χ2v) is 17.1. The Morgan fingerprint density at radius 1 is 0.424 bits per heavy atom. The Labute approximate surface area is 377 Å². The molecule has 13 aromatic rings. The zero-order chi connectivity index (χ0) is 43.3. The van der Waals surface area contributed by atoms with Crippen molar-refractivity contribution in [3.8, 4) is 22.4 Å². The summed E-state index contributed by atoms with van der Waals surface area (Å²) in [6.07, 6.45) is -0.378. The number of nitrogens with one attached hydrogen (secondary N) is 1. The van der Waals surface area contributed by atoms with Crippen LogP contribution in [0.4, 0.5) is 0 Å². The topological polar surface area (TPSA) is 75.9 Å². The lowest BCUT2D eigenvalue weighted by Crippen LogP contribution is -2.33. The van der Waals surface area contributed by atoms with Crippen molar-refractivity contribution in [3.63, 3.8) is 0 Å². The van der Waals surface area contributed by atoms with Crippen LogP contribution in [0.1, 0.15) is 22.9 Å². The van der Waals surface area contributed by atoms with Crippen molar-refractivity contribution in [2.75, 3.05) is 0 Å². The number of furan rings is 2. The van der Waals surface area contributed by atoms with Gasteiger partial charge in [0.05, 0.1) is 11.2 Å². The van der Waals surface area contributed by atoms with Gasteiger partial charge in [0, 0.05) is 65.5 Å². The highest BCUT2D eigenvalue weighted by atomic mass is 16.3. The summed E-state index contributed by atoms with van der Waals surface area (Å²) < 4.78 is 13.6. The molecule has 3 aromatic heterocycles. The van der Waals surface area contributed by atoms with E-state index in [9.17, 15) is 0 Å². The molecule has 0 saturated carbocycles. The van der Waals surface area contributed by atoms with Gasteiger partial charge in [0.2, 0.25) is 0 Å². The average Bonchev–Trinajstić information content (AvgIpc) is 3.96. The summed E-state index contributed by atoms with van der Waals surface area (Å²) in [5.74, 6) is 1.40. The Bertz CT molecular complexity index is 4230. The maximum absolute atomic E-state index is 6.78. The van der Waals surface area contributed by atoms with Gasteiger partial charge in [0.25, 0.3) is 0 Å².